The maximum Gasteiger partial charge on any atom is 0.222 e. The minimum Gasteiger partial charge on any atom is -0.493 e. The average Bonchev–Trinajstić information content (AvgIpc) is 3.19. The van der Waals surface area contributed by atoms with Gasteiger partial charge >= 0.3 is 0 Å². The van der Waals surface area contributed by atoms with Crippen LogP contribution in [0.1, 0.15) is 64.5 Å². The monoisotopic (exact) mass is 401 g/mol. The van der Waals surface area contributed by atoms with Crippen molar-refractivity contribution in [1.82, 2.24) is 5.32 Å². The second-order valence-electron chi connectivity index (χ2n) is 9.70. The molecule has 1 saturated heterocycles. The van der Waals surface area contributed by atoms with Gasteiger partial charge in [-0.15, -0.1) is 0 Å². The Morgan fingerprint density at radius 3 is 2.90 bits per heavy atom. The molecule has 1 aliphatic heterocycles. The molecule has 2 aliphatic carbocycles. The van der Waals surface area contributed by atoms with Crippen LogP contribution in [0.25, 0.3) is 0 Å². The first-order valence-corrected chi connectivity index (χ1v) is 11.2. The van der Waals surface area contributed by atoms with Crippen LogP contribution in [-0.2, 0) is 9.53 Å². The average molecular weight is 402 g/mol. The van der Waals surface area contributed by atoms with Gasteiger partial charge in [-0.1, -0.05) is 39.0 Å². The van der Waals surface area contributed by atoms with E-state index < -0.39 is 0 Å². The number of fused-ring (bicyclic) bond motifs is 1. The quantitative estimate of drug-likeness (QED) is 0.728. The Hall–Kier alpha value is -1.59. The van der Waals surface area contributed by atoms with Crippen molar-refractivity contribution in [2.45, 2.75) is 65.0 Å². The lowest BCUT2D eigenvalue weighted by molar-refractivity contribution is -0.138. The predicted molar refractivity (Wildman–Crippen MR) is 112 cm³/mol. The molecule has 3 aliphatic rings. The number of para-hydroxylation sites is 1. The Labute approximate surface area is 174 Å². The number of aliphatic hydroxyl groups is 1. The number of rotatable bonds is 7. The zero-order chi connectivity index (χ0) is 20.6. The summed E-state index contributed by atoms with van der Waals surface area (Å²) < 4.78 is 12.4. The van der Waals surface area contributed by atoms with Crippen molar-refractivity contribution in [3.63, 3.8) is 0 Å². The number of benzene rings is 1. The summed E-state index contributed by atoms with van der Waals surface area (Å²) in [6.07, 6.45) is 4.42. The first-order chi connectivity index (χ1) is 13.9. The van der Waals surface area contributed by atoms with Crippen LogP contribution < -0.4 is 10.1 Å². The van der Waals surface area contributed by atoms with Gasteiger partial charge in [0.15, 0.2) is 0 Å². The Morgan fingerprint density at radius 2 is 2.14 bits per heavy atom. The van der Waals surface area contributed by atoms with Gasteiger partial charge in [-0.2, -0.15) is 0 Å². The van der Waals surface area contributed by atoms with Gasteiger partial charge in [0, 0.05) is 24.6 Å². The first-order valence-electron chi connectivity index (χ1n) is 11.2. The van der Waals surface area contributed by atoms with Crippen LogP contribution >= 0.6 is 0 Å². The zero-order valence-electron chi connectivity index (χ0n) is 17.9. The van der Waals surface area contributed by atoms with Crippen molar-refractivity contribution in [3.05, 3.63) is 29.8 Å². The molecule has 160 valence electrons. The van der Waals surface area contributed by atoms with Crippen LogP contribution in [0.15, 0.2) is 24.3 Å². The molecule has 3 fully saturated rings. The minimum absolute atomic E-state index is 0.00940. The molecule has 5 heteroatoms. The Balaban J connectivity index is 1.66. The van der Waals surface area contributed by atoms with E-state index in [0.29, 0.717) is 25.0 Å². The summed E-state index contributed by atoms with van der Waals surface area (Å²) in [6.45, 7) is 8.03. The van der Waals surface area contributed by atoms with Crippen molar-refractivity contribution in [3.8, 4) is 5.75 Å². The van der Waals surface area contributed by atoms with E-state index in [1.54, 1.807) is 0 Å². The highest BCUT2D eigenvalue weighted by molar-refractivity contribution is 5.76. The largest absolute Gasteiger partial charge is 0.493 e. The molecular weight excluding hydrogens is 366 g/mol. The number of aliphatic hydroxyl groups excluding tert-OH is 1. The summed E-state index contributed by atoms with van der Waals surface area (Å²) in [4.78, 5) is 12.4. The second kappa shape index (κ2) is 7.92. The molecule has 2 N–H and O–H groups in total. The number of ether oxygens (including phenoxy) is 2. The molecule has 5 atom stereocenters. The Bertz CT molecular complexity index is 748. The molecular formula is C24H35NO4. The molecule has 1 heterocycles. The summed E-state index contributed by atoms with van der Waals surface area (Å²) in [6, 6.07) is 8.40. The minimum atomic E-state index is -0.104. The topological polar surface area (TPSA) is 67.8 Å². The molecule has 1 aromatic carbocycles. The maximum atomic E-state index is 12.4. The van der Waals surface area contributed by atoms with E-state index in [4.69, 9.17) is 9.47 Å². The molecule has 1 unspecified atom stereocenters. The summed E-state index contributed by atoms with van der Waals surface area (Å²) >= 11 is 0. The van der Waals surface area contributed by atoms with Crippen molar-refractivity contribution >= 4 is 5.91 Å². The van der Waals surface area contributed by atoms with E-state index in [1.807, 2.05) is 12.1 Å². The SMILES string of the molecule is CCCOc1ccccc1[C@H]1OCCC23C[C@@H](C[C@H]12)C(C)(C)[C@H]3NC(=O)CCO. The van der Waals surface area contributed by atoms with Gasteiger partial charge in [-0.3, -0.25) is 4.79 Å². The lowest BCUT2D eigenvalue weighted by Crippen LogP contribution is -2.59. The molecule has 4 rings (SSSR count). The van der Waals surface area contributed by atoms with Crippen molar-refractivity contribution in [1.29, 1.82) is 0 Å². The van der Waals surface area contributed by atoms with Gasteiger partial charge < -0.3 is 19.9 Å². The normalized spacial score (nSPS) is 34.6. The van der Waals surface area contributed by atoms with E-state index in [-0.39, 0.29) is 41.9 Å². The third-order valence-corrected chi connectivity index (χ3v) is 7.84. The van der Waals surface area contributed by atoms with Crippen molar-refractivity contribution < 1.29 is 19.4 Å². The highest BCUT2D eigenvalue weighted by atomic mass is 16.5. The summed E-state index contributed by atoms with van der Waals surface area (Å²) in [5, 5.41) is 12.5. The first kappa shape index (κ1) is 20.7. The van der Waals surface area contributed by atoms with Crippen LogP contribution in [0.4, 0.5) is 0 Å². The molecule has 1 amide bonds. The lowest BCUT2D eigenvalue weighted by Gasteiger charge is -2.53. The van der Waals surface area contributed by atoms with E-state index in [1.165, 1.54) is 0 Å². The highest BCUT2D eigenvalue weighted by Gasteiger charge is 2.68. The fourth-order valence-corrected chi connectivity index (χ4v) is 6.49. The molecule has 0 radical (unpaired) electrons. The van der Waals surface area contributed by atoms with Crippen LogP contribution in [0, 0.1) is 22.7 Å². The molecule has 2 saturated carbocycles. The fraction of sp³-hybridized carbons (Fsp3) is 0.708. The fourth-order valence-electron chi connectivity index (χ4n) is 6.49. The molecule has 1 spiro atoms. The third-order valence-electron chi connectivity index (χ3n) is 7.84. The van der Waals surface area contributed by atoms with Gasteiger partial charge in [-0.25, -0.2) is 0 Å². The molecule has 5 nitrogen and oxygen atoms in total. The van der Waals surface area contributed by atoms with Gasteiger partial charge in [0.05, 0.1) is 19.3 Å². The predicted octanol–water partition coefficient (Wildman–Crippen LogP) is 3.86. The number of nitrogens with one attached hydrogen (secondary N) is 1. The molecule has 0 aromatic heterocycles. The maximum absolute atomic E-state index is 12.4. The summed E-state index contributed by atoms with van der Waals surface area (Å²) in [5.41, 5.74) is 1.26. The third kappa shape index (κ3) is 3.36. The summed E-state index contributed by atoms with van der Waals surface area (Å²) in [5.74, 6) is 1.83. The number of amides is 1. The van der Waals surface area contributed by atoms with Crippen molar-refractivity contribution in [2.24, 2.45) is 22.7 Å². The second-order valence-corrected chi connectivity index (χ2v) is 9.70. The molecule has 29 heavy (non-hydrogen) atoms. The molecule has 2 bridgehead atoms. The number of hydrogen-bond acceptors (Lipinski definition) is 4. The smallest absolute Gasteiger partial charge is 0.222 e. The Kier molecular flexibility index (Phi) is 5.64. The number of hydrogen-bond donors (Lipinski definition) is 2. The van der Waals surface area contributed by atoms with Gasteiger partial charge in [0.25, 0.3) is 0 Å². The van der Waals surface area contributed by atoms with E-state index in [9.17, 15) is 9.90 Å². The zero-order valence-corrected chi connectivity index (χ0v) is 17.9. The van der Waals surface area contributed by atoms with Crippen LogP contribution in [-0.4, -0.2) is 36.9 Å². The lowest BCUT2D eigenvalue weighted by atomic mass is 9.58. The summed E-state index contributed by atoms with van der Waals surface area (Å²) in [7, 11) is 0. The number of carbonyl (C=O) groups excluding carboxylic acids is 1. The number of carbonyl (C=O) groups is 1. The standard InChI is InChI=1S/C24H35NO4/c1-4-12-28-19-8-6-5-7-17(19)21-18-14-16-15-24(18,10-13-29-21)22(23(16,2)3)25-20(27)9-11-26/h5-8,16,18,21-22,26H,4,9-15H2,1-3H3,(H,25,27)/t16-,18-,21-,22-,24?/m1/s1. The van der Waals surface area contributed by atoms with Crippen molar-refractivity contribution in [2.75, 3.05) is 19.8 Å². The van der Waals surface area contributed by atoms with E-state index in [2.05, 4.69) is 38.2 Å². The van der Waals surface area contributed by atoms with E-state index in [0.717, 1.165) is 37.0 Å². The van der Waals surface area contributed by atoms with Gasteiger partial charge in [0.1, 0.15) is 5.75 Å². The van der Waals surface area contributed by atoms with Crippen LogP contribution in [0.2, 0.25) is 0 Å². The van der Waals surface area contributed by atoms with Crippen LogP contribution in [0.5, 0.6) is 5.75 Å². The van der Waals surface area contributed by atoms with Crippen LogP contribution in [0.3, 0.4) is 0 Å². The van der Waals surface area contributed by atoms with Gasteiger partial charge in [0.2, 0.25) is 5.91 Å². The molecule has 1 aromatic rings. The highest BCUT2D eigenvalue weighted by Crippen LogP contribution is 2.70. The van der Waals surface area contributed by atoms with Gasteiger partial charge in [-0.05, 0) is 54.4 Å². The van der Waals surface area contributed by atoms with E-state index >= 15 is 0 Å². The Morgan fingerprint density at radius 1 is 1.34 bits per heavy atom.